The smallest absolute Gasteiger partial charge is 0.170 e. The van der Waals surface area contributed by atoms with Gasteiger partial charge in [0.1, 0.15) is 0 Å². The molecule has 1 N–H and O–H groups in total. The summed E-state index contributed by atoms with van der Waals surface area (Å²) in [6.45, 7) is 13.5. The van der Waals surface area contributed by atoms with Crippen LogP contribution in [0, 0.1) is 13.8 Å². The Balaban J connectivity index is 1.55. The molecule has 4 heterocycles. The average molecular weight is 428 g/mol. The third kappa shape index (κ3) is 4.24. The molecule has 6 nitrogen and oxygen atoms in total. The number of ether oxygens (including phenoxy) is 1. The van der Waals surface area contributed by atoms with Gasteiger partial charge in [-0.1, -0.05) is 6.07 Å². The summed E-state index contributed by atoms with van der Waals surface area (Å²) >= 11 is 5.68. The van der Waals surface area contributed by atoms with E-state index in [4.69, 9.17) is 17.0 Å². The Morgan fingerprint density at radius 2 is 2.00 bits per heavy atom. The van der Waals surface area contributed by atoms with E-state index in [-0.39, 0.29) is 12.1 Å². The van der Waals surface area contributed by atoms with E-state index in [0.717, 1.165) is 63.2 Å². The number of morpholine rings is 1. The van der Waals surface area contributed by atoms with E-state index >= 15 is 0 Å². The number of thiocarbonyl (C=S) groups is 1. The van der Waals surface area contributed by atoms with Crippen molar-refractivity contribution < 1.29 is 4.74 Å². The summed E-state index contributed by atoms with van der Waals surface area (Å²) < 4.78 is 7.94. The van der Waals surface area contributed by atoms with Gasteiger partial charge in [0.15, 0.2) is 5.11 Å². The van der Waals surface area contributed by atoms with Crippen LogP contribution in [0.5, 0.6) is 0 Å². The molecule has 2 aromatic heterocycles. The first-order valence-corrected chi connectivity index (χ1v) is 11.5. The van der Waals surface area contributed by atoms with E-state index in [9.17, 15) is 0 Å². The van der Waals surface area contributed by atoms with Crippen molar-refractivity contribution in [3.8, 4) is 0 Å². The zero-order valence-corrected chi connectivity index (χ0v) is 19.1. The van der Waals surface area contributed by atoms with Crippen LogP contribution in [0.4, 0.5) is 0 Å². The van der Waals surface area contributed by atoms with E-state index in [1.165, 1.54) is 17.0 Å². The Bertz CT molecular complexity index is 862. The summed E-state index contributed by atoms with van der Waals surface area (Å²) in [6, 6.07) is 8.69. The number of rotatable bonds is 7. The van der Waals surface area contributed by atoms with Crippen LogP contribution in [0.15, 0.2) is 30.5 Å². The van der Waals surface area contributed by atoms with Crippen molar-refractivity contribution in [2.45, 2.75) is 45.8 Å². The highest BCUT2D eigenvalue weighted by Gasteiger charge is 2.40. The van der Waals surface area contributed by atoms with E-state index in [2.05, 4.69) is 57.6 Å². The van der Waals surface area contributed by atoms with E-state index in [1.54, 1.807) is 0 Å². The molecule has 2 fully saturated rings. The monoisotopic (exact) mass is 427 g/mol. The minimum atomic E-state index is 0.0703. The van der Waals surface area contributed by atoms with Crippen molar-refractivity contribution in [2.75, 3.05) is 39.4 Å². The minimum Gasteiger partial charge on any atom is -0.379 e. The number of aryl methyl sites for hydroxylation is 1. The summed E-state index contributed by atoms with van der Waals surface area (Å²) in [6.07, 6.45) is 3.01. The molecule has 0 radical (unpaired) electrons. The zero-order valence-electron chi connectivity index (χ0n) is 18.3. The molecule has 0 saturated carbocycles. The summed E-state index contributed by atoms with van der Waals surface area (Å²) in [5.41, 5.74) is 5.05. The molecular formula is C23H33N5OS. The molecule has 162 valence electrons. The van der Waals surface area contributed by atoms with Gasteiger partial charge in [0.25, 0.3) is 0 Å². The summed E-state index contributed by atoms with van der Waals surface area (Å²) in [5.74, 6) is 0. The standard InChI is InChI=1S/C23H33N5OS/c1-4-27-22(21(25-23(27)30)20-8-5-6-9-24-20)19-16-17(2)28(18(19)3)11-7-10-26-12-14-29-15-13-26/h5-6,8-9,16,21-22H,4,7,10-15H2,1-3H3,(H,25,30)/t21-,22+/m0/s1. The largest absolute Gasteiger partial charge is 0.379 e. The molecule has 7 heteroatoms. The van der Waals surface area contributed by atoms with Crippen LogP contribution in [-0.4, -0.2) is 63.9 Å². The molecule has 2 aliphatic rings. The van der Waals surface area contributed by atoms with Gasteiger partial charge in [0, 0.05) is 50.3 Å². The van der Waals surface area contributed by atoms with Gasteiger partial charge >= 0.3 is 0 Å². The third-order valence-corrected chi connectivity index (χ3v) is 6.78. The number of nitrogens with one attached hydrogen (secondary N) is 1. The molecule has 30 heavy (non-hydrogen) atoms. The number of nitrogens with zero attached hydrogens (tertiary/aromatic N) is 4. The number of likely N-dealkylation sites (N-methyl/N-ethyl adjacent to an activating group) is 1. The molecule has 0 aromatic carbocycles. The first-order valence-electron chi connectivity index (χ1n) is 11.0. The van der Waals surface area contributed by atoms with Crippen LogP contribution >= 0.6 is 12.2 Å². The highest BCUT2D eigenvalue weighted by molar-refractivity contribution is 7.80. The van der Waals surface area contributed by atoms with Crippen molar-refractivity contribution in [2.24, 2.45) is 0 Å². The number of hydrogen-bond acceptors (Lipinski definition) is 4. The quantitative estimate of drug-likeness (QED) is 0.685. The number of pyridine rings is 1. The molecule has 2 saturated heterocycles. The first kappa shape index (κ1) is 21.3. The van der Waals surface area contributed by atoms with E-state index < -0.39 is 0 Å². The second-order valence-electron chi connectivity index (χ2n) is 8.20. The van der Waals surface area contributed by atoms with Crippen LogP contribution in [0.3, 0.4) is 0 Å². The minimum absolute atomic E-state index is 0.0703. The lowest BCUT2D eigenvalue weighted by Crippen LogP contribution is -2.37. The molecule has 0 amide bonds. The fraction of sp³-hybridized carbons (Fsp3) is 0.565. The molecule has 0 spiro atoms. The predicted molar refractivity (Wildman–Crippen MR) is 124 cm³/mol. The van der Waals surface area contributed by atoms with Gasteiger partial charge in [0.2, 0.25) is 0 Å². The summed E-state index contributed by atoms with van der Waals surface area (Å²) in [7, 11) is 0. The van der Waals surface area contributed by atoms with E-state index in [0.29, 0.717) is 0 Å². The van der Waals surface area contributed by atoms with Crippen LogP contribution in [0.25, 0.3) is 0 Å². The Hall–Kier alpha value is -1.96. The molecule has 2 atom stereocenters. The fourth-order valence-electron chi connectivity index (χ4n) is 4.83. The van der Waals surface area contributed by atoms with Crippen LogP contribution in [0.1, 0.15) is 48.1 Å². The van der Waals surface area contributed by atoms with Gasteiger partial charge in [-0.25, -0.2) is 0 Å². The molecule has 0 unspecified atom stereocenters. The molecule has 0 bridgehead atoms. The highest BCUT2D eigenvalue weighted by Crippen LogP contribution is 2.40. The molecule has 0 aliphatic carbocycles. The van der Waals surface area contributed by atoms with Gasteiger partial charge in [-0.3, -0.25) is 9.88 Å². The highest BCUT2D eigenvalue weighted by atomic mass is 32.1. The van der Waals surface area contributed by atoms with Crippen molar-refractivity contribution >= 4 is 17.3 Å². The lowest BCUT2D eigenvalue weighted by molar-refractivity contribution is 0.0369. The molecular weight excluding hydrogens is 394 g/mol. The fourth-order valence-corrected chi connectivity index (χ4v) is 5.20. The maximum absolute atomic E-state index is 5.68. The van der Waals surface area contributed by atoms with Gasteiger partial charge in [-0.05, 0) is 63.2 Å². The lowest BCUT2D eigenvalue weighted by Gasteiger charge is -2.27. The lowest BCUT2D eigenvalue weighted by atomic mass is 9.97. The molecule has 2 aromatic rings. The van der Waals surface area contributed by atoms with Gasteiger partial charge in [-0.2, -0.15) is 0 Å². The second kappa shape index (κ2) is 9.45. The zero-order chi connectivity index (χ0) is 21.1. The predicted octanol–water partition coefficient (Wildman–Crippen LogP) is 3.21. The topological polar surface area (TPSA) is 45.6 Å². The van der Waals surface area contributed by atoms with Crippen LogP contribution in [0.2, 0.25) is 0 Å². The number of aromatic nitrogens is 2. The normalized spacial score (nSPS) is 22.5. The third-order valence-electron chi connectivity index (χ3n) is 6.43. The summed E-state index contributed by atoms with van der Waals surface area (Å²) in [4.78, 5) is 9.44. The Morgan fingerprint density at radius 1 is 1.20 bits per heavy atom. The van der Waals surface area contributed by atoms with Crippen LogP contribution < -0.4 is 5.32 Å². The second-order valence-corrected chi connectivity index (χ2v) is 8.58. The Kier molecular flexibility index (Phi) is 6.71. The van der Waals surface area contributed by atoms with Gasteiger partial charge in [0.05, 0.1) is 31.0 Å². The Labute approximate surface area is 185 Å². The van der Waals surface area contributed by atoms with Crippen molar-refractivity contribution in [3.05, 3.63) is 53.1 Å². The summed E-state index contributed by atoms with van der Waals surface area (Å²) in [5, 5.41) is 4.34. The van der Waals surface area contributed by atoms with Gasteiger partial charge in [-0.15, -0.1) is 0 Å². The van der Waals surface area contributed by atoms with Crippen LogP contribution in [-0.2, 0) is 11.3 Å². The maximum Gasteiger partial charge on any atom is 0.170 e. The SMILES string of the molecule is CCN1C(=S)N[C@@H](c2ccccn2)[C@H]1c1cc(C)n(CCCN2CCOCC2)c1C. The van der Waals surface area contributed by atoms with Crippen molar-refractivity contribution in [1.29, 1.82) is 0 Å². The van der Waals surface area contributed by atoms with Crippen molar-refractivity contribution in [1.82, 2.24) is 24.7 Å². The number of hydrogen-bond donors (Lipinski definition) is 1. The maximum atomic E-state index is 5.68. The first-order chi connectivity index (χ1) is 14.6. The molecule has 2 aliphatic heterocycles. The Morgan fingerprint density at radius 3 is 2.70 bits per heavy atom. The van der Waals surface area contributed by atoms with Crippen molar-refractivity contribution in [3.63, 3.8) is 0 Å². The molecule has 4 rings (SSSR count). The average Bonchev–Trinajstić information content (AvgIpc) is 3.25. The van der Waals surface area contributed by atoms with E-state index in [1.807, 2.05) is 18.3 Å². The van der Waals surface area contributed by atoms with Gasteiger partial charge < -0.3 is 19.5 Å².